The third kappa shape index (κ3) is 8.26. The number of ether oxygens (including phenoxy) is 2. The van der Waals surface area contributed by atoms with E-state index in [1.807, 2.05) is 38.1 Å². The summed E-state index contributed by atoms with van der Waals surface area (Å²) in [5, 5.41) is 12.8. The van der Waals surface area contributed by atoms with Crippen molar-refractivity contribution in [2.24, 2.45) is 0 Å². The van der Waals surface area contributed by atoms with Crippen LogP contribution in [0.15, 0.2) is 70.1 Å². The van der Waals surface area contributed by atoms with Crippen molar-refractivity contribution in [1.82, 2.24) is 25.3 Å². The lowest BCUT2D eigenvalue weighted by molar-refractivity contribution is 0.0696. The van der Waals surface area contributed by atoms with Gasteiger partial charge in [-0.3, -0.25) is 0 Å². The Balaban J connectivity index is 1.25. The van der Waals surface area contributed by atoms with E-state index in [4.69, 9.17) is 18.9 Å². The van der Waals surface area contributed by atoms with Crippen molar-refractivity contribution in [2.45, 2.75) is 76.5 Å². The van der Waals surface area contributed by atoms with Crippen molar-refractivity contribution in [3.05, 3.63) is 88.9 Å². The molecule has 14 heteroatoms. The number of carbonyl (C=O) groups is 1. The quantitative estimate of drug-likeness (QED) is 0.123. The molecule has 5 aromatic rings. The highest BCUT2D eigenvalue weighted by Gasteiger charge is 2.24. The number of benzene rings is 2. The first-order valence-electron chi connectivity index (χ1n) is 16.5. The van der Waals surface area contributed by atoms with E-state index in [0.717, 1.165) is 41.0 Å². The van der Waals surface area contributed by atoms with Crippen LogP contribution < -0.4 is 14.8 Å². The second-order valence-electron chi connectivity index (χ2n) is 12.7. The molecule has 2 aromatic carbocycles. The van der Waals surface area contributed by atoms with Gasteiger partial charge in [0, 0.05) is 42.8 Å². The van der Waals surface area contributed by atoms with Crippen molar-refractivity contribution in [3.63, 3.8) is 0 Å². The molecule has 2 atom stereocenters. The standard InChI is InChI=1S/C36H40N6O7S/c1-21(2)31-16-30-34(49-31)38-19-26(39-30)18-37-25(15-27-9-6-14-47-27)20-48-32-17-29(33-22(3)7-5-8-23(33)4)40-36(41-32)42-50(45,46)28-12-10-24(11-13-28)35(43)44/h5,7-8,10-13,16-17,19,21,25,27,37H,6,9,14-15,18,20H2,1-4H3,(H,43,44)(H,40,41,42)/t25-,27-/m1/s1. The number of aryl methyl sites for hydroxylation is 2. The molecule has 1 fully saturated rings. The number of hydrogen-bond acceptors (Lipinski definition) is 11. The summed E-state index contributed by atoms with van der Waals surface area (Å²) >= 11 is 0. The van der Waals surface area contributed by atoms with Crippen LogP contribution in [0.25, 0.3) is 22.5 Å². The van der Waals surface area contributed by atoms with E-state index < -0.39 is 16.0 Å². The number of hydrogen-bond donors (Lipinski definition) is 3. The van der Waals surface area contributed by atoms with Gasteiger partial charge in [-0.25, -0.2) is 32.9 Å². The molecule has 3 aromatic heterocycles. The van der Waals surface area contributed by atoms with Crippen molar-refractivity contribution < 1.29 is 32.2 Å². The molecule has 0 amide bonds. The van der Waals surface area contributed by atoms with Crippen molar-refractivity contribution in [3.8, 4) is 17.1 Å². The number of rotatable bonds is 14. The predicted octanol–water partition coefficient (Wildman–Crippen LogP) is 6.03. The maximum absolute atomic E-state index is 13.4. The monoisotopic (exact) mass is 700 g/mol. The smallest absolute Gasteiger partial charge is 0.335 e. The van der Waals surface area contributed by atoms with Gasteiger partial charge in [0.2, 0.25) is 17.5 Å². The van der Waals surface area contributed by atoms with E-state index >= 15 is 0 Å². The molecule has 50 heavy (non-hydrogen) atoms. The zero-order valence-electron chi connectivity index (χ0n) is 28.3. The first-order chi connectivity index (χ1) is 23.9. The maximum Gasteiger partial charge on any atom is 0.335 e. The summed E-state index contributed by atoms with van der Waals surface area (Å²) < 4.78 is 47.2. The van der Waals surface area contributed by atoms with Crippen LogP contribution >= 0.6 is 0 Å². The lowest BCUT2D eigenvalue weighted by atomic mass is 10.00. The normalized spacial score (nSPS) is 15.4. The number of anilines is 1. The molecule has 0 aliphatic carbocycles. The number of furan rings is 1. The van der Waals surface area contributed by atoms with Gasteiger partial charge in [-0.2, -0.15) is 4.98 Å². The molecule has 3 N–H and O–H groups in total. The first kappa shape index (κ1) is 34.9. The summed E-state index contributed by atoms with van der Waals surface area (Å²) in [5.41, 5.74) is 5.12. The van der Waals surface area contributed by atoms with Crippen LogP contribution in [-0.4, -0.2) is 64.8 Å². The molecule has 1 saturated heterocycles. The number of carboxylic acids is 1. The van der Waals surface area contributed by atoms with Gasteiger partial charge in [0.25, 0.3) is 10.0 Å². The minimum atomic E-state index is -4.17. The highest BCUT2D eigenvalue weighted by atomic mass is 32.2. The summed E-state index contributed by atoms with van der Waals surface area (Å²) in [4.78, 5) is 29.4. The zero-order chi connectivity index (χ0) is 35.4. The molecule has 0 bridgehead atoms. The Kier molecular flexibility index (Phi) is 10.4. The molecule has 0 unspecified atom stereocenters. The fraction of sp³-hybridized carbons (Fsp3) is 0.361. The highest BCUT2D eigenvalue weighted by Crippen LogP contribution is 2.30. The molecule has 0 saturated carbocycles. The van der Waals surface area contributed by atoms with E-state index in [2.05, 4.69) is 38.8 Å². The third-order valence-corrected chi connectivity index (χ3v) is 9.87. The van der Waals surface area contributed by atoms with Gasteiger partial charge in [-0.05, 0) is 68.5 Å². The summed E-state index contributed by atoms with van der Waals surface area (Å²) in [6, 6.07) is 14.2. The minimum absolute atomic E-state index is 0.0339. The van der Waals surface area contributed by atoms with Gasteiger partial charge in [-0.1, -0.05) is 32.0 Å². The van der Waals surface area contributed by atoms with Gasteiger partial charge in [0.1, 0.15) is 17.9 Å². The lowest BCUT2D eigenvalue weighted by Gasteiger charge is -2.22. The summed E-state index contributed by atoms with van der Waals surface area (Å²) in [6.07, 6.45) is 4.38. The van der Waals surface area contributed by atoms with Gasteiger partial charge < -0.3 is 24.3 Å². The summed E-state index contributed by atoms with van der Waals surface area (Å²) in [6.45, 7) is 9.35. The molecular formula is C36H40N6O7S. The Morgan fingerprint density at radius 2 is 1.82 bits per heavy atom. The number of carboxylic acid groups (broad SMARTS) is 1. The largest absolute Gasteiger partial charge is 0.478 e. The second-order valence-corrected chi connectivity index (χ2v) is 14.4. The average Bonchev–Trinajstić information content (AvgIpc) is 3.76. The van der Waals surface area contributed by atoms with Crippen molar-refractivity contribution in [1.29, 1.82) is 0 Å². The molecule has 0 spiro atoms. The van der Waals surface area contributed by atoms with Crippen molar-refractivity contribution >= 4 is 33.2 Å². The predicted molar refractivity (Wildman–Crippen MR) is 187 cm³/mol. The van der Waals surface area contributed by atoms with Crippen LogP contribution in [0, 0.1) is 13.8 Å². The number of sulfonamides is 1. The Morgan fingerprint density at radius 1 is 1.06 bits per heavy atom. The van der Waals surface area contributed by atoms with Gasteiger partial charge in [0.15, 0.2) is 0 Å². The lowest BCUT2D eigenvalue weighted by Crippen LogP contribution is -2.37. The molecule has 1 aliphatic heterocycles. The van der Waals surface area contributed by atoms with Crippen LogP contribution in [0.1, 0.15) is 72.0 Å². The van der Waals surface area contributed by atoms with Crippen LogP contribution in [-0.2, 0) is 21.3 Å². The topological polar surface area (TPSA) is 179 Å². The Hall–Kier alpha value is -4.92. The highest BCUT2D eigenvalue weighted by molar-refractivity contribution is 7.92. The molecule has 0 radical (unpaired) electrons. The van der Waals surface area contributed by atoms with E-state index in [0.29, 0.717) is 36.5 Å². The van der Waals surface area contributed by atoms with E-state index in [-0.39, 0.29) is 47.0 Å². The van der Waals surface area contributed by atoms with Crippen LogP contribution in [0.4, 0.5) is 5.95 Å². The molecule has 4 heterocycles. The fourth-order valence-corrected chi connectivity index (χ4v) is 6.83. The van der Waals surface area contributed by atoms with Gasteiger partial charge in [0.05, 0.1) is 34.1 Å². The molecule has 262 valence electrons. The molecule has 1 aliphatic rings. The SMILES string of the molecule is Cc1cccc(C)c1-c1cc(OC[C@@H](C[C@H]2CCCO2)NCc2cnc3oc(C(C)C)cc3n2)nc(NS(=O)(=O)c2ccc(C(=O)O)cc2)n1. The number of aromatic carboxylic acids is 1. The van der Waals surface area contributed by atoms with E-state index in [1.54, 1.807) is 12.3 Å². The summed E-state index contributed by atoms with van der Waals surface area (Å²) in [7, 11) is -4.17. The van der Waals surface area contributed by atoms with Crippen molar-refractivity contribution in [2.75, 3.05) is 17.9 Å². The Labute approximate surface area is 290 Å². The number of fused-ring (bicyclic) bond motifs is 1. The Bertz CT molecular complexity index is 2070. The number of aromatic nitrogens is 4. The average molecular weight is 701 g/mol. The molecular weight excluding hydrogens is 660 g/mol. The van der Waals surface area contributed by atoms with Gasteiger partial charge in [-0.15, -0.1) is 0 Å². The van der Waals surface area contributed by atoms with Crippen LogP contribution in [0.2, 0.25) is 0 Å². The molecule has 13 nitrogen and oxygen atoms in total. The number of nitrogens with zero attached hydrogens (tertiary/aromatic N) is 4. The summed E-state index contributed by atoms with van der Waals surface area (Å²) in [5.74, 6) is -0.115. The van der Waals surface area contributed by atoms with E-state index in [9.17, 15) is 18.3 Å². The molecule has 6 rings (SSSR count). The Morgan fingerprint density at radius 3 is 2.50 bits per heavy atom. The third-order valence-electron chi connectivity index (χ3n) is 8.53. The zero-order valence-corrected chi connectivity index (χ0v) is 29.2. The van der Waals surface area contributed by atoms with Gasteiger partial charge >= 0.3 is 5.97 Å². The van der Waals surface area contributed by atoms with Crippen LogP contribution in [0.3, 0.4) is 0 Å². The first-order valence-corrected chi connectivity index (χ1v) is 18.0. The minimum Gasteiger partial charge on any atom is -0.478 e. The van der Waals surface area contributed by atoms with Crippen LogP contribution in [0.5, 0.6) is 5.88 Å². The fourth-order valence-electron chi connectivity index (χ4n) is 5.89. The van der Waals surface area contributed by atoms with E-state index in [1.165, 1.54) is 24.3 Å². The second kappa shape index (κ2) is 14.9. The maximum atomic E-state index is 13.4. The number of nitrogens with one attached hydrogen (secondary N) is 2.